The third-order valence-corrected chi connectivity index (χ3v) is 6.48. The summed E-state index contributed by atoms with van der Waals surface area (Å²) < 4.78 is 41.2. The van der Waals surface area contributed by atoms with Crippen LogP contribution in [-0.2, 0) is 19.5 Å². The van der Waals surface area contributed by atoms with E-state index in [2.05, 4.69) is 4.72 Å². The molecule has 0 aliphatic carbocycles. The second kappa shape index (κ2) is 7.02. The molecule has 1 unspecified atom stereocenters. The molecule has 2 aromatic rings. The van der Waals surface area contributed by atoms with Crippen molar-refractivity contribution in [1.29, 1.82) is 0 Å². The number of benzene rings is 2. The lowest BCUT2D eigenvalue weighted by atomic mass is 9.87. The number of sulfonamides is 1. The van der Waals surface area contributed by atoms with E-state index in [0.717, 1.165) is 11.1 Å². The molecule has 2 aromatic carbocycles. The van der Waals surface area contributed by atoms with E-state index in [9.17, 15) is 8.42 Å². The van der Waals surface area contributed by atoms with Gasteiger partial charge in [0.25, 0.3) is 0 Å². The van der Waals surface area contributed by atoms with Crippen molar-refractivity contribution in [2.45, 2.75) is 63.0 Å². The van der Waals surface area contributed by atoms with E-state index < -0.39 is 27.5 Å². The average molecular weight is 390 g/mol. The molecule has 0 saturated carbocycles. The summed E-state index contributed by atoms with van der Waals surface area (Å²) in [5.74, 6) is -0.795. The Hall–Kier alpha value is -1.73. The zero-order valence-electron chi connectivity index (χ0n) is 16.4. The molecule has 0 bridgehead atoms. The van der Waals surface area contributed by atoms with Crippen molar-refractivity contribution in [2.24, 2.45) is 0 Å². The smallest absolute Gasteiger partial charge is 0.241 e. The Balaban J connectivity index is 2.03. The highest BCUT2D eigenvalue weighted by Crippen LogP contribution is 2.44. The molecule has 0 aromatic heterocycles. The van der Waals surface area contributed by atoms with Gasteiger partial charge in [-0.1, -0.05) is 48.0 Å². The first-order valence-corrected chi connectivity index (χ1v) is 10.5. The summed E-state index contributed by atoms with van der Waals surface area (Å²) in [7, 11) is -3.75. The van der Waals surface area contributed by atoms with Gasteiger partial charge in [0.15, 0.2) is 5.79 Å². The topological polar surface area (TPSA) is 64.6 Å². The van der Waals surface area contributed by atoms with E-state index in [0.29, 0.717) is 0 Å². The van der Waals surface area contributed by atoms with E-state index in [1.54, 1.807) is 24.3 Å². The zero-order valence-corrected chi connectivity index (χ0v) is 17.2. The molecule has 5 nitrogen and oxygen atoms in total. The Morgan fingerprint density at radius 2 is 1.59 bits per heavy atom. The molecule has 6 heteroatoms. The second-order valence-electron chi connectivity index (χ2n) is 7.72. The molecular formula is C21H27NO4S. The number of aryl methyl sites for hydroxylation is 1. The van der Waals surface area contributed by atoms with Crippen molar-refractivity contribution in [3.05, 3.63) is 65.7 Å². The third kappa shape index (κ3) is 4.09. The van der Waals surface area contributed by atoms with Crippen LogP contribution in [0.25, 0.3) is 0 Å². The lowest BCUT2D eigenvalue weighted by Gasteiger charge is -2.36. The largest absolute Gasteiger partial charge is 0.344 e. The summed E-state index contributed by atoms with van der Waals surface area (Å²) in [6.45, 7) is 9.40. The summed E-state index contributed by atoms with van der Waals surface area (Å²) in [5, 5.41) is 0. The predicted molar refractivity (Wildman–Crippen MR) is 105 cm³/mol. The Labute approximate surface area is 161 Å². The average Bonchev–Trinajstić information content (AvgIpc) is 2.81. The van der Waals surface area contributed by atoms with Crippen LogP contribution in [0.4, 0.5) is 0 Å². The van der Waals surface area contributed by atoms with Crippen LogP contribution in [0.2, 0.25) is 0 Å². The van der Waals surface area contributed by atoms with Gasteiger partial charge in [-0.3, -0.25) is 0 Å². The molecule has 0 amide bonds. The highest BCUT2D eigenvalue weighted by molar-refractivity contribution is 7.89. The van der Waals surface area contributed by atoms with Crippen LogP contribution in [0, 0.1) is 6.92 Å². The summed E-state index contributed by atoms with van der Waals surface area (Å²) in [6, 6.07) is 15.7. The van der Waals surface area contributed by atoms with Gasteiger partial charge in [-0.2, -0.15) is 0 Å². The molecule has 3 rings (SSSR count). The molecule has 1 heterocycles. The first-order chi connectivity index (χ1) is 12.5. The Kier molecular flexibility index (Phi) is 5.20. The van der Waals surface area contributed by atoms with E-state index in [1.807, 2.05) is 65.0 Å². The van der Waals surface area contributed by atoms with E-state index in [1.165, 1.54) is 0 Å². The Morgan fingerprint density at radius 1 is 1.00 bits per heavy atom. The summed E-state index contributed by atoms with van der Waals surface area (Å²) >= 11 is 0. The summed E-state index contributed by atoms with van der Waals surface area (Å²) in [5.41, 5.74) is 0.954. The van der Waals surface area contributed by atoms with Gasteiger partial charge >= 0.3 is 0 Å². The first-order valence-electron chi connectivity index (χ1n) is 9.05. The quantitative estimate of drug-likeness (QED) is 0.841. The SMILES string of the molecule is Cc1ccc(S(=O)(=O)NC(c2ccccc2)[C@@]2(C)OC(C)(C)O[C@@H]2C)cc1. The summed E-state index contributed by atoms with van der Waals surface area (Å²) in [6.07, 6.45) is -0.307. The van der Waals surface area contributed by atoms with E-state index >= 15 is 0 Å². The maximum atomic E-state index is 13.1. The number of rotatable bonds is 5. The number of nitrogens with one attached hydrogen (secondary N) is 1. The van der Waals surface area contributed by atoms with Gasteiger partial charge in [0.2, 0.25) is 10.0 Å². The van der Waals surface area contributed by atoms with Crippen LogP contribution in [0.5, 0.6) is 0 Å². The molecule has 1 saturated heterocycles. The highest BCUT2D eigenvalue weighted by Gasteiger charge is 2.53. The maximum Gasteiger partial charge on any atom is 0.241 e. The minimum atomic E-state index is -3.75. The Bertz CT molecular complexity index is 894. The van der Waals surface area contributed by atoms with Gasteiger partial charge in [0, 0.05) is 0 Å². The van der Waals surface area contributed by atoms with E-state index in [4.69, 9.17) is 9.47 Å². The monoisotopic (exact) mass is 389 g/mol. The van der Waals surface area contributed by atoms with Crippen molar-refractivity contribution in [1.82, 2.24) is 4.72 Å². The minimum absolute atomic E-state index is 0.225. The normalized spacial score (nSPS) is 26.0. The van der Waals surface area contributed by atoms with Crippen LogP contribution in [0.1, 0.15) is 44.9 Å². The molecule has 0 radical (unpaired) electrons. The van der Waals surface area contributed by atoms with Crippen molar-refractivity contribution >= 4 is 10.0 Å². The number of ether oxygens (including phenoxy) is 2. The number of hydrogen-bond donors (Lipinski definition) is 1. The molecule has 27 heavy (non-hydrogen) atoms. The molecule has 146 valence electrons. The fourth-order valence-corrected chi connectivity index (χ4v) is 4.89. The van der Waals surface area contributed by atoms with Gasteiger partial charge in [-0.05, 0) is 52.3 Å². The van der Waals surface area contributed by atoms with Gasteiger partial charge in [0.1, 0.15) is 5.60 Å². The highest BCUT2D eigenvalue weighted by atomic mass is 32.2. The van der Waals surface area contributed by atoms with Gasteiger partial charge in [-0.25, -0.2) is 13.1 Å². The zero-order chi connectivity index (χ0) is 19.9. The van der Waals surface area contributed by atoms with Crippen molar-refractivity contribution in [3.63, 3.8) is 0 Å². The standard InChI is InChI=1S/C21H27NO4S/c1-15-11-13-18(14-12-15)27(23,24)22-19(17-9-7-6-8-10-17)21(5)16(2)25-20(3,4)26-21/h6-14,16,19,22H,1-5H3/t16-,19?,21+/m1/s1. The van der Waals surface area contributed by atoms with Crippen LogP contribution >= 0.6 is 0 Å². The fourth-order valence-electron chi connectivity index (χ4n) is 3.58. The first kappa shape index (κ1) is 20.0. The van der Waals surface area contributed by atoms with Crippen LogP contribution in [0.15, 0.2) is 59.5 Å². The maximum absolute atomic E-state index is 13.1. The van der Waals surface area contributed by atoms with Crippen molar-refractivity contribution < 1.29 is 17.9 Å². The fraction of sp³-hybridized carbons (Fsp3) is 0.429. The third-order valence-electron chi connectivity index (χ3n) is 5.04. The molecule has 0 spiro atoms. The molecular weight excluding hydrogens is 362 g/mol. The van der Waals surface area contributed by atoms with Gasteiger partial charge in [0.05, 0.1) is 17.0 Å². The molecule has 1 aliphatic heterocycles. The predicted octanol–water partition coefficient (Wildman–Crippen LogP) is 3.94. The van der Waals surface area contributed by atoms with Gasteiger partial charge < -0.3 is 9.47 Å². The lowest BCUT2D eigenvalue weighted by Crippen LogP contribution is -2.49. The van der Waals surface area contributed by atoms with Crippen molar-refractivity contribution in [2.75, 3.05) is 0 Å². The van der Waals surface area contributed by atoms with Gasteiger partial charge in [-0.15, -0.1) is 0 Å². The van der Waals surface area contributed by atoms with Crippen LogP contribution in [-0.4, -0.2) is 25.9 Å². The molecule has 1 N–H and O–H groups in total. The molecule has 3 atom stereocenters. The lowest BCUT2D eigenvalue weighted by molar-refractivity contribution is -0.164. The molecule has 1 aliphatic rings. The Morgan fingerprint density at radius 3 is 2.11 bits per heavy atom. The van der Waals surface area contributed by atoms with Crippen LogP contribution < -0.4 is 4.72 Å². The number of hydrogen-bond acceptors (Lipinski definition) is 4. The van der Waals surface area contributed by atoms with Crippen molar-refractivity contribution in [3.8, 4) is 0 Å². The second-order valence-corrected chi connectivity index (χ2v) is 9.44. The minimum Gasteiger partial charge on any atom is -0.344 e. The molecule has 1 fully saturated rings. The van der Waals surface area contributed by atoms with Crippen LogP contribution in [0.3, 0.4) is 0 Å². The van der Waals surface area contributed by atoms with E-state index in [-0.39, 0.29) is 11.0 Å². The summed E-state index contributed by atoms with van der Waals surface area (Å²) in [4.78, 5) is 0.225.